The molecule has 130 valence electrons. The van der Waals surface area contributed by atoms with Gasteiger partial charge in [0.05, 0.1) is 5.69 Å². The van der Waals surface area contributed by atoms with E-state index in [2.05, 4.69) is 58.2 Å². The van der Waals surface area contributed by atoms with Crippen LogP contribution in [0.1, 0.15) is 11.1 Å². The Morgan fingerprint density at radius 2 is 1.88 bits per heavy atom. The van der Waals surface area contributed by atoms with Gasteiger partial charge in [-0.3, -0.25) is 4.57 Å². The van der Waals surface area contributed by atoms with Gasteiger partial charge in [-0.1, -0.05) is 59.6 Å². The molecule has 0 radical (unpaired) electrons. The highest BCUT2D eigenvalue weighted by molar-refractivity contribution is 6.35. The zero-order chi connectivity index (χ0) is 18.1. The first-order chi connectivity index (χ1) is 12.6. The molecule has 0 aliphatic rings. The quantitative estimate of drug-likeness (QED) is 0.452. The number of imidazole rings is 1. The normalized spacial score (nSPS) is 11.0. The molecule has 0 saturated heterocycles. The zero-order valence-corrected chi connectivity index (χ0v) is 15.7. The second-order valence-electron chi connectivity index (χ2n) is 6.14. The number of anilines is 1. The molecule has 0 fully saturated rings. The van der Waals surface area contributed by atoms with Gasteiger partial charge in [-0.15, -0.1) is 0 Å². The maximum absolute atomic E-state index is 6.27. The average molecular weight is 382 g/mol. The Kier molecular flexibility index (Phi) is 4.58. The Bertz CT molecular complexity index is 1090. The summed E-state index contributed by atoms with van der Waals surface area (Å²) in [6.07, 6.45) is 3.75. The summed E-state index contributed by atoms with van der Waals surface area (Å²) < 4.78 is 2.06. The Morgan fingerprint density at radius 1 is 1.04 bits per heavy atom. The van der Waals surface area contributed by atoms with Gasteiger partial charge < -0.3 is 5.32 Å². The highest BCUT2D eigenvalue weighted by atomic mass is 35.5. The molecule has 0 bridgehead atoms. The van der Waals surface area contributed by atoms with Crippen molar-refractivity contribution in [1.29, 1.82) is 0 Å². The molecule has 5 heteroatoms. The summed E-state index contributed by atoms with van der Waals surface area (Å²) in [5.41, 5.74) is 3.29. The van der Waals surface area contributed by atoms with Crippen LogP contribution in [-0.2, 0) is 6.54 Å². The lowest BCUT2D eigenvalue weighted by Gasteiger charge is -2.14. The first kappa shape index (κ1) is 17.0. The van der Waals surface area contributed by atoms with E-state index < -0.39 is 0 Å². The second kappa shape index (κ2) is 7.02. The molecule has 0 aliphatic carbocycles. The lowest BCUT2D eigenvalue weighted by Crippen LogP contribution is -2.07. The van der Waals surface area contributed by atoms with E-state index in [1.165, 1.54) is 16.3 Å². The van der Waals surface area contributed by atoms with Crippen LogP contribution in [0.15, 0.2) is 67.0 Å². The van der Waals surface area contributed by atoms with Crippen LogP contribution in [0, 0.1) is 6.92 Å². The van der Waals surface area contributed by atoms with Crippen LogP contribution in [-0.4, -0.2) is 9.55 Å². The summed E-state index contributed by atoms with van der Waals surface area (Å²) in [5, 5.41) is 7.12. The third-order valence-corrected chi connectivity index (χ3v) is 5.11. The van der Waals surface area contributed by atoms with Crippen LogP contribution in [0.5, 0.6) is 0 Å². The molecule has 0 spiro atoms. The third kappa shape index (κ3) is 3.16. The number of nitrogens with zero attached hydrogens (tertiary/aromatic N) is 2. The molecule has 3 nitrogen and oxygen atoms in total. The topological polar surface area (TPSA) is 29.9 Å². The van der Waals surface area contributed by atoms with Crippen LogP contribution in [0.4, 0.5) is 5.95 Å². The maximum atomic E-state index is 6.27. The van der Waals surface area contributed by atoms with E-state index in [0.717, 1.165) is 17.2 Å². The van der Waals surface area contributed by atoms with E-state index in [9.17, 15) is 0 Å². The number of fused-ring (bicyclic) bond motifs is 1. The lowest BCUT2D eigenvalue weighted by atomic mass is 10.0. The summed E-state index contributed by atoms with van der Waals surface area (Å²) in [7, 11) is 0. The summed E-state index contributed by atoms with van der Waals surface area (Å²) >= 11 is 12.2. The largest absolute Gasteiger partial charge is 0.351 e. The number of hydrogen-bond donors (Lipinski definition) is 1. The van der Waals surface area contributed by atoms with Crippen molar-refractivity contribution in [3.05, 3.63) is 88.2 Å². The van der Waals surface area contributed by atoms with Crippen LogP contribution in [0.2, 0.25) is 10.0 Å². The Labute approximate surface area is 162 Å². The first-order valence-electron chi connectivity index (χ1n) is 8.33. The van der Waals surface area contributed by atoms with E-state index in [1.54, 1.807) is 12.3 Å². The average Bonchev–Trinajstić information content (AvgIpc) is 3.10. The SMILES string of the molecule is Cc1c(-n2ccnc2NCc2ccc(Cl)cc2Cl)ccc2ccccc12. The van der Waals surface area contributed by atoms with E-state index in [0.29, 0.717) is 16.6 Å². The molecule has 0 unspecified atom stereocenters. The predicted octanol–water partition coefficient (Wildman–Crippen LogP) is 6.25. The Morgan fingerprint density at radius 3 is 2.73 bits per heavy atom. The highest BCUT2D eigenvalue weighted by Gasteiger charge is 2.10. The third-order valence-electron chi connectivity index (χ3n) is 4.52. The van der Waals surface area contributed by atoms with Crippen molar-refractivity contribution in [2.75, 3.05) is 5.32 Å². The molecule has 4 aromatic rings. The van der Waals surface area contributed by atoms with Gasteiger partial charge in [0.15, 0.2) is 0 Å². The molecule has 0 aliphatic heterocycles. The van der Waals surface area contributed by atoms with Crippen LogP contribution >= 0.6 is 23.2 Å². The van der Waals surface area contributed by atoms with Crippen molar-refractivity contribution >= 4 is 39.9 Å². The monoisotopic (exact) mass is 381 g/mol. The van der Waals surface area contributed by atoms with E-state index in [1.807, 2.05) is 18.3 Å². The van der Waals surface area contributed by atoms with Crippen molar-refractivity contribution in [3.8, 4) is 5.69 Å². The Hall–Kier alpha value is -2.49. The zero-order valence-electron chi connectivity index (χ0n) is 14.2. The molecular weight excluding hydrogens is 365 g/mol. The van der Waals surface area contributed by atoms with E-state index >= 15 is 0 Å². The van der Waals surface area contributed by atoms with Gasteiger partial charge in [-0.2, -0.15) is 0 Å². The molecule has 0 amide bonds. The van der Waals surface area contributed by atoms with Crippen LogP contribution in [0.25, 0.3) is 16.5 Å². The van der Waals surface area contributed by atoms with Crippen molar-refractivity contribution in [3.63, 3.8) is 0 Å². The van der Waals surface area contributed by atoms with Crippen molar-refractivity contribution in [2.45, 2.75) is 13.5 Å². The van der Waals surface area contributed by atoms with Gasteiger partial charge in [0.25, 0.3) is 0 Å². The van der Waals surface area contributed by atoms with Gasteiger partial charge in [0.2, 0.25) is 5.95 Å². The smallest absolute Gasteiger partial charge is 0.207 e. The van der Waals surface area contributed by atoms with E-state index in [4.69, 9.17) is 23.2 Å². The number of aromatic nitrogens is 2. The number of rotatable bonds is 4. The molecule has 1 aromatic heterocycles. The Balaban J connectivity index is 1.66. The van der Waals surface area contributed by atoms with Crippen molar-refractivity contribution in [2.24, 2.45) is 0 Å². The molecular formula is C21H17Cl2N3. The number of aryl methyl sites for hydroxylation is 1. The molecule has 4 rings (SSSR count). The number of halogens is 2. The summed E-state index contributed by atoms with van der Waals surface area (Å²) in [4.78, 5) is 4.46. The van der Waals surface area contributed by atoms with Crippen LogP contribution in [0.3, 0.4) is 0 Å². The fraction of sp³-hybridized carbons (Fsp3) is 0.0952. The van der Waals surface area contributed by atoms with Crippen LogP contribution < -0.4 is 5.32 Å². The first-order valence-corrected chi connectivity index (χ1v) is 9.09. The number of nitrogens with one attached hydrogen (secondary N) is 1. The van der Waals surface area contributed by atoms with Gasteiger partial charge in [-0.25, -0.2) is 4.98 Å². The molecule has 26 heavy (non-hydrogen) atoms. The lowest BCUT2D eigenvalue weighted by molar-refractivity contribution is 0.998. The summed E-state index contributed by atoms with van der Waals surface area (Å²) in [6, 6.07) is 18.2. The van der Waals surface area contributed by atoms with Gasteiger partial charge in [0.1, 0.15) is 0 Å². The summed E-state index contributed by atoms with van der Waals surface area (Å²) in [5.74, 6) is 0.773. The standard InChI is InChI=1S/C21H17Cl2N3/c1-14-18-5-3-2-4-15(18)7-9-20(14)26-11-10-24-21(26)25-13-16-6-8-17(22)12-19(16)23/h2-12H,13H2,1H3,(H,24,25). The fourth-order valence-corrected chi connectivity index (χ4v) is 3.62. The van der Waals surface area contributed by atoms with Crippen molar-refractivity contribution < 1.29 is 0 Å². The minimum absolute atomic E-state index is 0.569. The molecule has 0 saturated carbocycles. The maximum Gasteiger partial charge on any atom is 0.207 e. The predicted molar refractivity (Wildman–Crippen MR) is 110 cm³/mol. The highest BCUT2D eigenvalue weighted by Crippen LogP contribution is 2.27. The summed E-state index contributed by atoms with van der Waals surface area (Å²) in [6.45, 7) is 2.71. The fourth-order valence-electron chi connectivity index (χ4n) is 3.14. The number of benzene rings is 3. The number of hydrogen-bond acceptors (Lipinski definition) is 2. The second-order valence-corrected chi connectivity index (χ2v) is 6.98. The molecule has 1 heterocycles. The van der Waals surface area contributed by atoms with Crippen molar-refractivity contribution in [1.82, 2.24) is 9.55 Å². The molecule has 0 atom stereocenters. The van der Waals surface area contributed by atoms with E-state index in [-0.39, 0.29) is 0 Å². The minimum Gasteiger partial charge on any atom is -0.351 e. The molecule has 3 aromatic carbocycles. The van der Waals surface area contributed by atoms with Gasteiger partial charge in [-0.05, 0) is 47.0 Å². The van der Waals surface area contributed by atoms with Gasteiger partial charge >= 0.3 is 0 Å². The van der Waals surface area contributed by atoms with Gasteiger partial charge in [0, 0.05) is 29.0 Å². The minimum atomic E-state index is 0.569. The molecule has 1 N–H and O–H groups in total.